The first-order valence-electron chi connectivity index (χ1n) is 6.88. The van der Waals surface area contributed by atoms with Crippen LogP contribution in [-0.2, 0) is 17.9 Å². The molecular formula is C15H18N2O3. The first kappa shape index (κ1) is 13.0. The van der Waals surface area contributed by atoms with Gasteiger partial charge < -0.3 is 15.3 Å². The Kier molecular flexibility index (Phi) is 2.92. The van der Waals surface area contributed by atoms with Crippen molar-refractivity contribution in [3.8, 4) is 0 Å². The Morgan fingerprint density at radius 1 is 1.25 bits per heavy atom. The molecule has 1 heterocycles. The van der Waals surface area contributed by atoms with Crippen LogP contribution >= 0.6 is 0 Å². The zero-order valence-electron chi connectivity index (χ0n) is 11.4. The van der Waals surface area contributed by atoms with Crippen molar-refractivity contribution < 1.29 is 14.7 Å². The zero-order chi connectivity index (χ0) is 14.3. The number of hydrogen-bond acceptors (Lipinski definition) is 2. The molecule has 1 aliphatic carbocycles. The van der Waals surface area contributed by atoms with Crippen molar-refractivity contribution in [2.45, 2.75) is 38.4 Å². The largest absolute Gasteiger partial charge is 0.480 e. The number of nitrogens with one attached hydrogen (secondary N) is 1. The average Bonchev–Trinajstić information content (AvgIpc) is 3.17. The Hall–Kier alpha value is -2.04. The van der Waals surface area contributed by atoms with Gasteiger partial charge in [0.15, 0.2) is 0 Å². The summed E-state index contributed by atoms with van der Waals surface area (Å²) in [4.78, 5) is 25.4. The number of nitrogens with zero attached hydrogens (tertiary/aromatic N) is 1. The molecule has 2 aliphatic rings. The minimum absolute atomic E-state index is 0.0499. The van der Waals surface area contributed by atoms with Gasteiger partial charge in [-0.05, 0) is 36.8 Å². The Balaban J connectivity index is 1.70. The predicted molar refractivity (Wildman–Crippen MR) is 73.0 cm³/mol. The highest BCUT2D eigenvalue weighted by atomic mass is 16.4. The number of urea groups is 1. The molecule has 1 saturated carbocycles. The van der Waals surface area contributed by atoms with E-state index in [1.54, 1.807) is 11.8 Å². The smallest absolute Gasteiger partial charge is 0.329 e. The Labute approximate surface area is 117 Å². The molecule has 1 fully saturated rings. The van der Waals surface area contributed by atoms with Gasteiger partial charge in [-0.2, -0.15) is 0 Å². The number of carbonyl (C=O) groups is 2. The van der Waals surface area contributed by atoms with Crippen molar-refractivity contribution in [2.75, 3.05) is 0 Å². The fourth-order valence-electron chi connectivity index (χ4n) is 2.77. The highest BCUT2D eigenvalue weighted by molar-refractivity contribution is 5.86. The summed E-state index contributed by atoms with van der Waals surface area (Å²) in [7, 11) is 0. The van der Waals surface area contributed by atoms with Crippen LogP contribution in [0, 0.1) is 5.92 Å². The first-order chi connectivity index (χ1) is 9.50. The summed E-state index contributed by atoms with van der Waals surface area (Å²) in [5, 5.41) is 12.1. The van der Waals surface area contributed by atoms with Crippen molar-refractivity contribution in [3.05, 3.63) is 35.4 Å². The molecule has 3 rings (SSSR count). The van der Waals surface area contributed by atoms with Crippen molar-refractivity contribution in [1.82, 2.24) is 10.2 Å². The molecule has 20 heavy (non-hydrogen) atoms. The number of amides is 2. The second-order valence-electron chi connectivity index (χ2n) is 5.84. The summed E-state index contributed by atoms with van der Waals surface area (Å²) in [6.07, 6.45) is 1.73. The molecule has 5 heteroatoms. The maximum absolute atomic E-state index is 12.3. The van der Waals surface area contributed by atoms with Gasteiger partial charge in [0.2, 0.25) is 0 Å². The van der Waals surface area contributed by atoms with Crippen molar-refractivity contribution >= 4 is 12.0 Å². The van der Waals surface area contributed by atoms with Gasteiger partial charge in [-0.1, -0.05) is 24.3 Å². The number of aliphatic carboxylic acids is 1. The van der Waals surface area contributed by atoms with E-state index in [-0.39, 0.29) is 11.9 Å². The lowest BCUT2D eigenvalue weighted by Gasteiger charge is -2.29. The summed E-state index contributed by atoms with van der Waals surface area (Å²) < 4.78 is 0. The monoisotopic (exact) mass is 274 g/mol. The zero-order valence-corrected chi connectivity index (χ0v) is 11.4. The molecule has 0 bridgehead atoms. The van der Waals surface area contributed by atoms with E-state index >= 15 is 0 Å². The van der Waals surface area contributed by atoms with Crippen LogP contribution in [0.5, 0.6) is 0 Å². The molecule has 0 aromatic heterocycles. The quantitative estimate of drug-likeness (QED) is 0.885. The molecule has 0 saturated heterocycles. The van der Waals surface area contributed by atoms with Gasteiger partial charge in [0, 0.05) is 13.1 Å². The van der Waals surface area contributed by atoms with Gasteiger partial charge in [0.1, 0.15) is 5.54 Å². The molecule has 1 aromatic rings. The molecular weight excluding hydrogens is 256 g/mol. The number of carboxylic acids is 1. The van der Waals surface area contributed by atoms with E-state index in [1.165, 1.54) is 0 Å². The SMILES string of the molecule is CC(NC(=O)N1Cc2ccccc2C1)(C(=O)O)C1CC1. The molecule has 1 aromatic carbocycles. The molecule has 106 valence electrons. The van der Waals surface area contributed by atoms with Gasteiger partial charge in [0.25, 0.3) is 0 Å². The summed E-state index contributed by atoms with van der Waals surface area (Å²) in [6, 6.07) is 7.61. The number of benzene rings is 1. The highest BCUT2D eigenvalue weighted by Crippen LogP contribution is 2.40. The Morgan fingerprint density at radius 2 is 1.80 bits per heavy atom. The van der Waals surface area contributed by atoms with Crippen molar-refractivity contribution in [2.24, 2.45) is 5.92 Å². The van der Waals surface area contributed by atoms with E-state index in [0.717, 1.165) is 24.0 Å². The van der Waals surface area contributed by atoms with E-state index in [4.69, 9.17) is 0 Å². The molecule has 1 atom stereocenters. The molecule has 2 amide bonds. The van der Waals surface area contributed by atoms with Gasteiger partial charge in [0.05, 0.1) is 0 Å². The Bertz CT molecular complexity index is 543. The molecule has 5 nitrogen and oxygen atoms in total. The second kappa shape index (κ2) is 4.51. The van der Waals surface area contributed by atoms with E-state index in [1.807, 2.05) is 24.3 Å². The highest BCUT2D eigenvalue weighted by Gasteiger charge is 2.49. The Morgan fingerprint density at radius 3 is 2.25 bits per heavy atom. The summed E-state index contributed by atoms with van der Waals surface area (Å²) in [5.74, 6) is -0.904. The molecule has 0 spiro atoms. The first-order valence-corrected chi connectivity index (χ1v) is 6.88. The third-order valence-electron chi connectivity index (χ3n) is 4.33. The topological polar surface area (TPSA) is 69.6 Å². The van der Waals surface area contributed by atoms with Crippen molar-refractivity contribution in [3.63, 3.8) is 0 Å². The normalized spacial score (nSPS) is 20.1. The lowest BCUT2D eigenvalue weighted by Crippen LogP contribution is -2.56. The molecule has 2 N–H and O–H groups in total. The van der Waals surface area contributed by atoms with Gasteiger partial charge >= 0.3 is 12.0 Å². The van der Waals surface area contributed by atoms with E-state index in [9.17, 15) is 14.7 Å². The summed E-state index contributed by atoms with van der Waals surface area (Å²) in [5.41, 5.74) is 1.11. The lowest BCUT2D eigenvalue weighted by molar-refractivity contribution is -0.144. The predicted octanol–water partition coefficient (Wildman–Crippen LogP) is 1.97. The molecule has 1 unspecified atom stereocenters. The number of carbonyl (C=O) groups excluding carboxylic acids is 1. The van der Waals surface area contributed by atoms with Crippen LogP contribution in [0.2, 0.25) is 0 Å². The van der Waals surface area contributed by atoms with E-state index < -0.39 is 11.5 Å². The number of carboxylic acid groups (broad SMARTS) is 1. The van der Waals surface area contributed by atoms with Crippen LogP contribution in [0.25, 0.3) is 0 Å². The van der Waals surface area contributed by atoms with Crippen LogP contribution in [0.4, 0.5) is 4.79 Å². The maximum Gasteiger partial charge on any atom is 0.329 e. The van der Waals surface area contributed by atoms with Crippen LogP contribution < -0.4 is 5.32 Å². The van der Waals surface area contributed by atoms with Crippen molar-refractivity contribution in [1.29, 1.82) is 0 Å². The number of hydrogen-bond donors (Lipinski definition) is 2. The van der Waals surface area contributed by atoms with E-state index in [0.29, 0.717) is 13.1 Å². The lowest BCUT2D eigenvalue weighted by atomic mass is 9.96. The number of fused-ring (bicyclic) bond motifs is 1. The number of rotatable bonds is 3. The van der Waals surface area contributed by atoms with Crippen LogP contribution in [-0.4, -0.2) is 27.5 Å². The maximum atomic E-state index is 12.3. The summed E-state index contributed by atoms with van der Waals surface area (Å²) >= 11 is 0. The van der Waals surface area contributed by atoms with Gasteiger partial charge in [-0.15, -0.1) is 0 Å². The van der Waals surface area contributed by atoms with Crippen LogP contribution in [0.15, 0.2) is 24.3 Å². The van der Waals surface area contributed by atoms with Crippen LogP contribution in [0.1, 0.15) is 30.9 Å². The van der Waals surface area contributed by atoms with Crippen LogP contribution in [0.3, 0.4) is 0 Å². The summed E-state index contributed by atoms with van der Waals surface area (Å²) in [6.45, 7) is 2.69. The molecule has 1 aliphatic heterocycles. The average molecular weight is 274 g/mol. The third kappa shape index (κ3) is 2.13. The standard InChI is InChI=1S/C15H18N2O3/c1-15(13(18)19,12-6-7-12)16-14(20)17-8-10-4-2-3-5-11(10)9-17/h2-5,12H,6-9H2,1H3,(H,16,20)(H,18,19). The minimum Gasteiger partial charge on any atom is -0.480 e. The minimum atomic E-state index is -1.15. The van der Waals surface area contributed by atoms with Gasteiger partial charge in [-0.25, -0.2) is 9.59 Å². The van der Waals surface area contributed by atoms with E-state index in [2.05, 4.69) is 5.32 Å². The fourth-order valence-corrected chi connectivity index (χ4v) is 2.77. The molecule has 0 radical (unpaired) electrons. The third-order valence-corrected chi connectivity index (χ3v) is 4.33. The fraction of sp³-hybridized carbons (Fsp3) is 0.467. The van der Waals surface area contributed by atoms with Gasteiger partial charge in [-0.3, -0.25) is 0 Å². The second-order valence-corrected chi connectivity index (χ2v) is 5.84.